The van der Waals surface area contributed by atoms with E-state index in [1.807, 2.05) is 50.2 Å². The van der Waals surface area contributed by atoms with Crippen molar-refractivity contribution in [2.75, 3.05) is 19.8 Å². The van der Waals surface area contributed by atoms with E-state index in [-0.39, 0.29) is 11.9 Å². The second-order valence-corrected chi connectivity index (χ2v) is 7.85. The van der Waals surface area contributed by atoms with Gasteiger partial charge in [0.15, 0.2) is 11.5 Å². The highest BCUT2D eigenvalue weighted by atomic mass is 16.6. The Balaban J connectivity index is 1.57. The molecule has 1 heterocycles. The second kappa shape index (κ2) is 7.76. The van der Waals surface area contributed by atoms with Crippen LogP contribution >= 0.6 is 0 Å². The highest BCUT2D eigenvalue weighted by molar-refractivity contribution is 5.88. The van der Waals surface area contributed by atoms with Crippen LogP contribution in [0.5, 0.6) is 11.5 Å². The lowest BCUT2D eigenvalue weighted by molar-refractivity contribution is -0.126. The molecule has 0 saturated heterocycles. The zero-order valence-corrected chi connectivity index (χ0v) is 16.8. The predicted octanol–water partition coefficient (Wildman–Crippen LogP) is 3.70. The monoisotopic (exact) mass is 390 g/mol. The third-order valence-corrected chi connectivity index (χ3v) is 5.55. The number of carbonyl (C=O) groups excluding carboxylic acids is 1. The third kappa shape index (κ3) is 3.78. The molecule has 3 aromatic carbocycles. The molecule has 4 rings (SSSR count). The predicted molar refractivity (Wildman–Crippen MR) is 114 cm³/mol. The Morgan fingerprint density at radius 2 is 1.72 bits per heavy atom. The molecule has 3 aromatic rings. The first-order valence-electron chi connectivity index (χ1n) is 9.89. The number of nitrogens with one attached hydrogen (secondary N) is 1. The van der Waals surface area contributed by atoms with Crippen LogP contribution < -0.4 is 20.5 Å². The van der Waals surface area contributed by atoms with Gasteiger partial charge < -0.3 is 20.5 Å². The standard InChI is InChI=1S/C24H26N2O3/c1-24(2,19-9-10-21-22(14-19)29-12-11-28-21)23(27)26-20(15-25)18-8-7-16-5-3-4-6-17(16)13-18/h3-10,13-14,20H,11-12,15,25H2,1-2H3,(H,26,27). The van der Waals surface area contributed by atoms with Crippen LogP contribution in [-0.4, -0.2) is 25.7 Å². The first-order valence-corrected chi connectivity index (χ1v) is 9.89. The van der Waals surface area contributed by atoms with Crippen molar-refractivity contribution in [3.05, 3.63) is 71.8 Å². The zero-order valence-electron chi connectivity index (χ0n) is 16.8. The van der Waals surface area contributed by atoms with Crippen molar-refractivity contribution in [1.82, 2.24) is 5.32 Å². The first kappa shape index (κ1) is 19.3. The number of nitrogens with two attached hydrogens (primary N) is 1. The van der Waals surface area contributed by atoms with Gasteiger partial charge in [-0.2, -0.15) is 0 Å². The number of carbonyl (C=O) groups is 1. The van der Waals surface area contributed by atoms with E-state index < -0.39 is 5.41 Å². The highest BCUT2D eigenvalue weighted by Crippen LogP contribution is 2.35. The molecule has 29 heavy (non-hydrogen) atoms. The Labute approximate surface area is 170 Å². The summed E-state index contributed by atoms with van der Waals surface area (Å²) in [5.41, 5.74) is 7.14. The van der Waals surface area contributed by atoms with Gasteiger partial charge in [0.05, 0.1) is 11.5 Å². The second-order valence-electron chi connectivity index (χ2n) is 7.85. The number of hydrogen-bond donors (Lipinski definition) is 2. The summed E-state index contributed by atoms with van der Waals surface area (Å²) < 4.78 is 11.3. The number of ether oxygens (including phenoxy) is 2. The van der Waals surface area contributed by atoms with Gasteiger partial charge in [-0.15, -0.1) is 0 Å². The summed E-state index contributed by atoms with van der Waals surface area (Å²) in [7, 11) is 0. The van der Waals surface area contributed by atoms with Crippen molar-refractivity contribution in [3.63, 3.8) is 0 Å². The number of rotatable bonds is 5. The molecule has 0 spiro atoms. The van der Waals surface area contributed by atoms with E-state index in [1.165, 1.54) is 0 Å². The van der Waals surface area contributed by atoms with Crippen LogP contribution in [0.2, 0.25) is 0 Å². The average Bonchev–Trinajstić information content (AvgIpc) is 2.76. The molecule has 5 nitrogen and oxygen atoms in total. The maximum absolute atomic E-state index is 13.2. The Morgan fingerprint density at radius 3 is 2.48 bits per heavy atom. The molecule has 0 aliphatic carbocycles. The number of benzene rings is 3. The van der Waals surface area contributed by atoms with Gasteiger partial charge in [-0.05, 0) is 53.9 Å². The van der Waals surface area contributed by atoms with Crippen molar-refractivity contribution in [2.45, 2.75) is 25.3 Å². The lowest BCUT2D eigenvalue weighted by Gasteiger charge is -2.29. The van der Waals surface area contributed by atoms with E-state index in [4.69, 9.17) is 15.2 Å². The summed E-state index contributed by atoms with van der Waals surface area (Å²) in [5, 5.41) is 5.42. The summed E-state index contributed by atoms with van der Waals surface area (Å²) in [6.45, 7) is 5.19. The Hall–Kier alpha value is -3.05. The van der Waals surface area contributed by atoms with E-state index in [0.29, 0.717) is 31.3 Å². The summed E-state index contributed by atoms with van der Waals surface area (Å²) in [4.78, 5) is 13.2. The van der Waals surface area contributed by atoms with Crippen LogP contribution in [0, 0.1) is 0 Å². The summed E-state index contributed by atoms with van der Waals surface area (Å²) >= 11 is 0. The minimum atomic E-state index is -0.750. The summed E-state index contributed by atoms with van der Waals surface area (Å²) in [6, 6.07) is 19.7. The Morgan fingerprint density at radius 1 is 1.00 bits per heavy atom. The van der Waals surface area contributed by atoms with Crippen LogP contribution in [0.1, 0.15) is 31.0 Å². The third-order valence-electron chi connectivity index (χ3n) is 5.55. The van der Waals surface area contributed by atoms with Crippen molar-refractivity contribution >= 4 is 16.7 Å². The van der Waals surface area contributed by atoms with Gasteiger partial charge in [0.25, 0.3) is 0 Å². The molecule has 0 fully saturated rings. The van der Waals surface area contributed by atoms with Crippen LogP contribution in [-0.2, 0) is 10.2 Å². The molecule has 5 heteroatoms. The molecular formula is C24H26N2O3. The van der Waals surface area contributed by atoms with Crippen LogP contribution in [0.4, 0.5) is 0 Å². The van der Waals surface area contributed by atoms with Crippen molar-refractivity contribution < 1.29 is 14.3 Å². The molecule has 1 aliphatic rings. The van der Waals surface area contributed by atoms with Gasteiger partial charge in [0, 0.05) is 6.54 Å². The molecular weight excluding hydrogens is 364 g/mol. The molecule has 3 N–H and O–H groups in total. The quantitative estimate of drug-likeness (QED) is 0.697. The van der Waals surface area contributed by atoms with E-state index in [9.17, 15) is 4.79 Å². The maximum Gasteiger partial charge on any atom is 0.230 e. The number of fused-ring (bicyclic) bond motifs is 2. The van der Waals surface area contributed by atoms with Gasteiger partial charge in [-0.1, -0.05) is 42.5 Å². The highest BCUT2D eigenvalue weighted by Gasteiger charge is 2.32. The average molecular weight is 390 g/mol. The molecule has 150 valence electrons. The maximum atomic E-state index is 13.2. The van der Waals surface area contributed by atoms with Gasteiger partial charge in [-0.25, -0.2) is 0 Å². The smallest absolute Gasteiger partial charge is 0.230 e. The Kier molecular flexibility index (Phi) is 5.16. The van der Waals surface area contributed by atoms with Gasteiger partial charge in [0.1, 0.15) is 13.2 Å². The van der Waals surface area contributed by atoms with Gasteiger partial charge >= 0.3 is 0 Å². The molecule has 1 amide bonds. The first-order chi connectivity index (χ1) is 14.0. The molecule has 0 bridgehead atoms. The fraction of sp³-hybridized carbons (Fsp3) is 0.292. The summed E-state index contributed by atoms with van der Waals surface area (Å²) in [5.74, 6) is 1.31. The van der Waals surface area contributed by atoms with E-state index in [0.717, 1.165) is 21.9 Å². The minimum Gasteiger partial charge on any atom is -0.486 e. The lowest BCUT2D eigenvalue weighted by atomic mass is 9.83. The van der Waals surface area contributed by atoms with Crippen LogP contribution in [0.15, 0.2) is 60.7 Å². The largest absolute Gasteiger partial charge is 0.486 e. The molecule has 1 aliphatic heterocycles. The molecule has 0 radical (unpaired) electrons. The SMILES string of the molecule is CC(C)(C(=O)NC(CN)c1ccc2ccccc2c1)c1ccc2c(c1)OCCO2. The number of amides is 1. The van der Waals surface area contributed by atoms with E-state index in [1.54, 1.807) is 0 Å². The fourth-order valence-corrected chi connectivity index (χ4v) is 3.60. The lowest BCUT2D eigenvalue weighted by Crippen LogP contribution is -2.43. The molecule has 1 unspecified atom stereocenters. The topological polar surface area (TPSA) is 73.6 Å². The molecule has 1 atom stereocenters. The van der Waals surface area contributed by atoms with E-state index in [2.05, 4.69) is 29.6 Å². The van der Waals surface area contributed by atoms with Crippen LogP contribution in [0.3, 0.4) is 0 Å². The number of hydrogen-bond acceptors (Lipinski definition) is 4. The summed E-state index contributed by atoms with van der Waals surface area (Å²) in [6.07, 6.45) is 0. The fourth-order valence-electron chi connectivity index (χ4n) is 3.60. The van der Waals surface area contributed by atoms with Crippen LogP contribution in [0.25, 0.3) is 10.8 Å². The minimum absolute atomic E-state index is 0.0854. The van der Waals surface area contributed by atoms with E-state index >= 15 is 0 Å². The zero-order chi connectivity index (χ0) is 20.4. The molecule has 0 saturated carbocycles. The van der Waals surface area contributed by atoms with Crippen molar-refractivity contribution in [3.8, 4) is 11.5 Å². The van der Waals surface area contributed by atoms with Gasteiger partial charge in [0.2, 0.25) is 5.91 Å². The van der Waals surface area contributed by atoms with Crippen molar-refractivity contribution in [1.29, 1.82) is 0 Å². The van der Waals surface area contributed by atoms with Gasteiger partial charge in [-0.3, -0.25) is 4.79 Å². The van der Waals surface area contributed by atoms with Crippen molar-refractivity contribution in [2.24, 2.45) is 5.73 Å². The normalized spacial score (nSPS) is 14.4. The Bertz CT molecular complexity index is 1050. The molecule has 0 aromatic heterocycles.